The summed E-state index contributed by atoms with van der Waals surface area (Å²) in [6.07, 6.45) is 1.86. The largest absolute Gasteiger partial charge is 0.381 e. The molecule has 2 saturated heterocycles. The molecule has 0 radical (unpaired) electrons. The van der Waals surface area contributed by atoms with Gasteiger partial charge in [0.1, 0.15) is 0 Å². The van der Waals surface area contributed by atoms with Crippen LogP contribution in [0.3, 0.4) is 0 Å². The van der Waals surface area contributed by atoms with Gasteiger partial charge in [-0.25, -0.2) is 0 Å². The molecule has 1 N–H and O–H groups in total. The molecule has 2 atom stereocenters. The molecular weight excluding hydrogens is 262 g/mol. The molecular formula is C14H21NO3S. The van der Waals surface area contributed by atoms with Gasteiger partial charge in [0.2, 0.25) is 0 Å². The highest BCUT2D eigenvalue weighted by atomic mass is 32.1. The van der Waals surface area contributed by atoms with E-state index in [9.17, 15) is 0 Å². The lowest BCUT2D eigenvalue weighted by atomic mass is 10.1. The zero-order valence-corrected chi connectivity index (χ0v) is 12.1. The van der Waals surface area contributed by atoms with Gasteiger partial charge in [-0.2, -0.15) is 0 Å². The molecule has 3 rings (SSSR count). The second-order valence-electron chi connectivity index (χ2n) is 5.22. The van der Waals surface area contributed by atoms with Crippen molar-refractivity contribution >= 4 is 11.3 Å². The summed E-state index contributed by atoms with van der Waals surface area (Å²) < 4.78 is 17.3. The summed E-state index contributed by atoms with van der Waals surface area (Å²) in [6.45, 7) is 5.19. The minimum atomic E-state index is -0.364. The lowest BCUT2D eigenvalue weighted by Gasteiger charge is -2.31. The maximum atomic E-state index is 6.10. The Balaban J connectivity index is 1.47. The van der Waals surface area contributed by atoms with Gasteiger partial charge in [-0.05, 0) is 18.4 Å². The third-order valence-corrected chi connectivity index (χ3v) is 4.85. The Kier molecular flexibility index (Phi) is 4.19. The van der Waals surface area contributed by atoms with Gasteiger partial charge in [0.05, 0.1) is 25.9 Å². The van der Waals surface area contributed by atoms with Gasteiger partial charge in [-0.3, -0.25) is 0 Å². The van der Waals surface area contributed by atoms with Crippen LogP contribution in [0.4, 0.5) is 0 Å². The predicted octanol–water partition coefficient (Wildman–Crippen LogP) is 2.32. The van der Waals surface area contributed by atoms with Gasteiger partial charge >= 0.3 is 0 Å². The summed E-state index contributed by atoms with van der Waals surface area (Å²) in [4.78, 5) is 1.36. The Morgan fingerprint density at radius 1 is 1.47 bits per heavy atom. The van der Waals surface area contributed by atoms with E-state index in [-0.39, 0.29) is 11.9 Å². The van der Waals surface area contributed by atoms with Crippen LogP contribution in [-0.4, -0.2) is 38.3 Å². The molecule has 106 valence electrons. The minimum Gasteiger partial charge on any atom is -0.381 e. The molecule has 0 aromatic carbocycles. The maximum absolute atomic E-state index is 6.10. The summed E-state index contributed by atoms with van der Waals surface area (Å²) >= 11 is 1.78. The fourth-order valence-electron chi connectivity index (χ4n) is 2.61. The smallest absolute Gasteiger partial charge is 0.173 e. The fraction of sp³-hybridized carbons (Fsp3) is 0.714. The Morgan fingerprint density at radius 3 is 3.05 bits per heavy atom. The first-order valence-electron chi connectivity index (χ1n) is 6.94. The van der Waals surface area contributed by atoms with Crippen LogP contribution in [0.5, 0.6) is 0 Å². The van der Waals surface area contributed by atoms with Gasteiger partial charge in [-0.1, -0.05) is 6.07 Å². The van der Waals surface area contributed by atoms with Crippen molar-refractivity contribution in [1.82, 2.24) is 5.32 Å². The number of hydrogen-bond donors (Lipinski definition) is 1. The van der Waals surface area contributed by atoms with Crippen LogP contribution in [0.1, 0.15) is 30.7 Å². The average molecular weight is 283 g/mol. The standard InChI is InChI=1S/C14H21NO3S/c1-11(13-3-2-8-19-13)15-9-12-10-17-14(18-12)4-6-16-7-5-14/h2-3,8,11-12,15H,4-7,9-10H2,1H3. The first-order chi connectivity index (χ1) is 9.27. The van der Waals surface area contributed by atoms with Crippen LogP contribution >= 0.6 is 11.3 Å². The molecule has 0 aliphatic carbocycles. The molecule has 2 aliphatic rings. The Hall–Kier alpha value is -0.460. The highest BCUT2D eigenvalue weighted by Crippen LogP contribution is 2.33. The summed E-state index contributed by atoms with van der Waals surface area (Å²) in [6, 6.07) is 4.62. The lowest BCUT2D eigenvalue weighted by Crippen LogP contribution is -2.39. The van der Waals surface area contributed by atoms with Crippen LogP contribution in [-0.2, 0) is 14.2 Å². The average Bonchev–Trinajstić information content (AvgIpc) is 3.08. The van der Waals surface area contributed by atoms with Gasteiger partial charge in [0, 0.05) is 30.3 Å². The molecule has 1 spiro atoms. The van der Waals surface area contributed by atoms with Gasteiger partial charge < -0.3 is 19.5 Å². The number of nitrogens with one attached hydrogen (secondary N) is 1. The monoisotopic (exact) mass is 283 g/mol. The zero-order valence-electron chi connectivity index (χ0n) is 11.3. The molecule has 1 aromatic rings. The quantitative estimate of drug-likeness (QED) is 0.920. The van der Waals surface area contributed by atoms with Crippen molar-refractivity contribution in [3.63, 3.8) is 0 Å². The molecule has 5 heteroatoms. The van der Waals surface area contributed by atoms with E-state index in [2.05, 4.69) is 29.8 Å². The molecule has 4 nitrogen and oxygen atoms in total. The van der Waals surface area contributed by atoms with E-state index in [0.717, 1.165) is 32.6 Å². The molecule has 3 heterocycles. The summed E-state index contributed by atoms with van der Waals surface area (Å²) in [5, 5.41) is 5.63. The van der Waals surface area contributed by atoms with Crippen molar-refractivity contribution in [2.75, 3.05) is 26.4 Å². The molecule has 1 aromatic heterocycles. The Morgan fingerprint density at radius 2 is 2.32 bits per heavy atom. The Labute approximate surface area is 118 Å². The van der Waals surface area contributed by atoms with Crippen LogP contribution in [0.15, 0.2) is 17.5 Å². The van der Waals surface area contributed by atoms with E-state index >= 15 is 0 Å². The van der Waals surface area contributed by atoms with E-state index in [1.807, 2.05) is 0 Å². The normalized spacial score (nSPS) is 27.7. The van der Waals surface area contributed by atoms with Crippen molar-refractivity contribution in [3.8, 4) is 0 Å². The van der Waals surface area contributed by atoms with Gasteiger partial charge in [-0.15, -0.1) is 11.3 Å². The predicted molar refractivity (Wildman–Crippen MR) is 74.3 cm³/mol. The molecule has 0 bridgehead atoms. The second kappa shape index (κ2) is 5.89. The van der Waals surface area contributed by atoms with Crippen LogP contribution in [0, 0.1) is 0 Å². The first kappa shape index (κ1) is 13.5. The minimum absolute atomic E-state index is 0.153. The van der Waals surface area contributed by atoms with Crippen molar-refractivity contribution in [3.05, 3.63) is 22.4 Å². The van der Waals surface area contributed by atoms with Crippen molar-refractivity contribution in [2.45, 2.75) is 37.7 Å². The number of hydrogen-bond acceptors (Lipinski definition) is 5. The highest BCUT2D eigenvalue weighted by molar-refractivity contribution is 7.10. The van der Waals surface area contributed by atoms with Crippen molar-refractivity contribution < 1.29 is 14.2 Å². The van der Waals surface area contributed by atoms with E-state index < -0.39 is 0 Å². The Bertz CT molecular complexity index is 389. The van der Waals surface area contributed by atoms with Crippen molar-refractivity contribution in [1.29, 1.82) is 0 Å². The molecule has 2 unspecified atom stereocenters. The van der Waals surface area contributed by atoms with E-state index in [1.165, 1.54) is 4.88 Å². The lowest BCUT2D eigenvalue weighted by molar-refractivity contribution is -0.210. The van der Waals surface area contributed by atoms with Gasteiger partial charge in [0.15, 0.2) is 5.79 Å². The number of thiophene rings is 1. The molecule has 19 heavy (non-hydrogen) atoms. The van der Waals surface area contributed by atoms with Gasteiger partial charge in [0.25, 0.3) is 0 Å². The fourth-order valence-corrected chi connectivity index (χ4v) is 3.37. The highest BCUT2D eigenvalue weighted by Gasteiger charge is 2.42. The number of rotatable bonds is 4. The zero-order chi connectivity index (χ0) is 13.1. The summed E-state index contributed by atoms with van der Waals surface area (Å²) in [5.41, 5.74) is 0. The van der Waals surface area contributed by atoms with E-state index in [1.54, 1.807) is 11.3 Å². The maximum Gasteiger partial charge on any atom is 0.173 e. The molecule has 2 fully saturated rings. The molecule has 0 amide bonds. The third-order valence-electron chi connectivity index (χ3n) is 3.79. The third kappa shape index (κ3) is 3.17. The second-order valence-corrected chi connectivity index (χ2v) is 6.20. The summed E-state index contributed by atoms with van der Waals surface area (Å²) in [5.74, 6) is -0.364. The van der Waals surface area contributed by atoms with Crippen molar-refractivity contribution in [2.24, 2.45) is 0 Å². The van der Waals surface area contributed by atoms with Crippen LogP contribution in [0.25, 0.3) is 0 Å². The van der Waals surface area contributed by atoms with E-state index in [0.29, 0.717) is 12.6 Å². The number of ether oxygens (including phenoxy) is 3. The SMILES string of the molecule is CC(NCC1COC2(CCOCC2)O1)c1cccs1. The van der Waals surface area contributed by atoms with Crippen LogP contribution in [0.2, 0.25) is 0 Å². The van der Waals surface area contributed by atoms with E-state index in [4.69, 9.17) is 14.2 Å². The molecule has 2 aliphatic heterocycles. The molecule has 0 saturated carbocycles. The van der Waals surface area contributed by atoms with Crippen LogP contribution < -0.4 is 5.32 Å². The topological polar surface area (TPSA) is 39.7 Å². The summed E-state index contributed by atoms with van der Waals surface area (Å²) in [7, 11) is 0. The first-order valence-corrected chi connectivity index (χ1v) is 7.82.